The number of hydrogen-bond acceptors (Lipinski definition) is 3. The molecule has 37 heavy (non-hydrogen) atoms. The number of carbonyl (C=O) groups is 2. The smallest absolute Gasteiger partial charge is 0.243 e. The van der Waals surface area contributed by atoms with Gasteiger partial charge in [0.1, 0.15) is 11.9 Å². The van der Waals surface area contributed by atoms with E-state index in [0.717, 1.165) is 41.7 Å². The van der Waals surface area contributed by atoms with Gasteiger partial charge in [0.2, 0.25) is 11.8 Å². The van der Waals surface area contributed by atoms with E-state index in [4.69, 9.17) is 0 Å². The van der Waals surface area contributed by atoms with Crippen LogP contribution in [0.4, 0.5) is 4.39 Å². The first-order valence-corrected chi connectivity index (χ1v) is 14.1. The summed E-state index contributed by atoms with van der Waals surface area (Å²) in [5.41, 5.74) is 1.80. The number of carbonyl (C=O) groups excluding carboxylic acids is 2. The molecule has 4 rings (SSSR count). The van der Waals surface area contributed by atoms with Gasteiger partial charge in [0.25, 0.3) is 0 Å². The maximum Gasteiger partial charge on any atom is 0.243 e. The Kier molecular flexibility index (Phi) is 10.2. The Balaban J connectivity index is 1.56. The number of halogens is 1. The molecule has 6 heteroatoms. The largest absolute Gasteiger partial charge is 0.352 e. The average molecular weight is 519 g/mol. The summed E-state index contributed by atoms with van der Waals surface area (Å²) in [5, 5.41) is 3.25. The van der Waals surface area contributed by atoms with E-state index >= 15 is 0 Å². The number of amides is 2. The molecule has 194 valence electrons. The van der Waals surface area contributed by atoms with Crippen LogP contribution in [0.25, 0.3) is 0 Å². The maximum atomic E-state index is 13.7. The first kappa shape index (κ1) is 26.9. The summed E-state index contributed by atoms with van der Waals surface area (Å²) in [7, 11) is 0. The molecule has 2 amide bonds. The Hall–Kier alpha value is -3.12. The van der Waals surface area contributed by atoms with Crippen molar-refractivity contribution < 1.29 is 14.0 Å². The first-order chi connectivity index (χ1) is 18.1. The summed E-state index contributed by atoms with van der Waals surface area (Å²) in [4.78, 5) is 30.2. The second-order valence-electron chi connectivity index (χ2n) is 9.61. The molecule has 0 radical (unpaired) electrons. The van der Waals surface area contributed by atoms with E-state index in [0.29, 0.717) is 18.6 Å². The van der Waals surface area contributed by atoms with Gasteiger partial charge in [-0.2, -0.15) is 0 Å². The lowest BCUT2D eigenvalue weighted by Crippen LogP contribution is -2.52. The van der Waals surface area contributed by atoms with E-state index in [-0.39, 0.29) is 30.2 Å². The van der Waals surface area contributed by atoms with Gasteiger partial charge < -0.3 is 10.2 Å². The SMILES string of the molecule is O=C(NC1CCCCC1)[C@H](Cc1ccccc1)N(Cc1ccc(F)cc1)C(=O)CCSc1ccccc1. The molecule has 0 aliphatic heterocycles. The highest BCUT2D eigenvalue weighted by molar-refractivity contribution is 7.99. The Labute approximate surface area is 223 Å². The molecule has 3 aromatic carbocycles. The van der Waals surface area contributed by atoms with Gasteiger partial charge in [-0.1, -0.05) is 79.9 Å². The van der Waals surface area contributed by atoms with Crippen LogP contribution in [-0.4, -0.2) is 34.6 Å². The van der Waals surface area contributed by atoms with Gasteiger partial charge in [0.05, 0.1) is 0 Å². The lowest BCUT2D eigenvalue weighted by Gasteiger charge is -2.33. The minimum absolute atomic E-state index is 0.0764. The van der Waals surface area contributed by atoms with Crippen molar-refractivity contribution in [2.45, 2.75) is 68.5 Å². The summed E-state index contributed by atoms with van der Waals surface area (Å²) in [5.74, 6) is 0.108. The fourth-order valence-corrected chi connectivity index (χ4v) is 5.66. The van der Waals surface area contributed by atoms with Crippen molar-refractivity contribution in [1.82, 2.24) is 10.2 Å². The average Bonchev–Trinajstić information content (AvgIpc) is 2.93. The molecule has 1 fully saturated rings. The molecule has 0 bridgehead atoms. The van der Waals surface area contributed by atoms with Crippen LogP contribution in [0.1, 0.15) is 49.7 Å². The quantitative estimate of drug-likeness (QED) is 0.299. The Morgan fingerprint density at radius 3 is 2.19 bits per heavy atom. The molecular weight excluding hydrogens is 483 g/mol. The van der Waals surface area contributed by atoms with Crippen LogP contribution in [0.3, 0.4) is 0 Å². The van der Waals surface area contributed by atoms with Gasteiger partial charge in [-0.05, 0) is 48.2 Å². The first-order valence-electron chi connectivity index (χ1n) is 13.1. The van der Waals surface area contributed by atoms with Crippen molar-refractivity contribution in [1.29, 1.82) is 0 Å². The fourth-order valence-electron chi connectivity index (χ4n) is 4.80. The van der Waals surface area contributed by atoms with Gasteiger partial charge in [-0.3, -0.25) is 9.59 Å². The molecule has 1 saturated carbocycles. The van der Waals surface area contributed by atoms with Crippen molar-refractivity contribution in [2.75, 3.05) is 5.75 Å². The highest BCUT2D eigenvalue weighted by Crippen LogP contribution is 2.22. The molecule has 1 atom stereocenters. The van der Waals surface area contributed by atoms with Gasteiger partial charge >= 0.3 is 0 Å². The number of hydrogen-bond donors (Lipinski definition) is 1. The van der Waals surface area contributed by atoms with Gasteiger partial charge in [0, 0.05) is 36.1 Å². The minimum Gasteiger partial charge on any atom is -0.352 e. The molecule has 0 spiro atoms. The summed E-state index contributed by atoms with van der Waals surface area (Å²) in [6, 6.07) is 25.5. The topological polar surface area (TPSA) is 49.4 Å². The van der Waals surface area contributed by atoms with Crippen molar-refractivity contribution in [3.05, 3.63) is 102 Å². The van der Waals surface area contributed by atoms with E-state index in [9.17, 15) is 14.0 Å². The zero-order valence-corrected chi connectivity index (χ0v) is 22.0. The van der Waals surface area contributed by atoms with Crippen molar-refractivity contribution in [3.8, 4) is 0 Å². The van der Waals surface area contributed by atoms with Crippen LogP contribution in [0.15, 0.2) is 89.8 Å². The second kappa shape index (κ2) is 14.0. The summed E-state index contributed by atoms with van der Waals surface area (Å²) >= 11 is 1.63. The third-order valence-electron chi connectivity index (χ3n) is 6.82. The van der Waals surface area contributed by atoms with E-state index < -0.39 is 6.04 Å². The van der Waals surface area contributed by atoms with Crippen molar-refractivity contribution in [3.63, 3.8) is 0 Å². The summed E-state index contributed by atoms with van der Waals surface area (Å²) in [6.07, 6.45) is 6.12. The van der Waals surface area contributed by atoms with E-state index in [1.165, 1.54) is 18.6 Å². The molecule has 4 nitrogen and oxygen atoms in total. The third kappa shape index (κ3) is 8.46. The zero-order valence-electron chi connectivity index (χ0n) is 21.2. The monoisotopic (exact) mass is 518 g/mol. The van der Waals surface area contributed by atoms with E-state index in [1.54, 1.807) is 28.8 Å². The number of nitrogens with zero attached hydrogens (tertiary/aromatic N) is 1. The molecule has 0 heterocycles. The van der Waals surface area contributed by atoms with Crippen LogP contribution in [0.2, 0.25) is 0 Å². The van der Waals surface area contributed by atoms with Crippen LogP contribution in [-0.2, 0) is 22.6 Å². The molecule has 1 aliphatic rings. The number of benzene rings is 3. The lowest BCUT2D eigenvalue weighted by atomic mass is 9.94. The number of thioether (sulfide) groups is 1. The van der Waals surface area contributed by atoms with Crippen molar-refractivity contribution >= 4 is 23.6 Å². The highest BCUT2D eigenvalue weighted by atomic mass is 32.2. The normalized spacial score (nSPS) is 14.6. The predicted molar refractivity (Wildman–Crippen MR) is 148 cm³/mol. The third-order valence-corrected chi connectivity index (χ3v) is 7.83. The lowest BCUT2D eigenvalue weighted by molar-refractivity contribution is -0.141. The molecule has 0 unspecified atom stereocenters. The molecule has 1 aliphatic carbocycles. The maximum absolute atomic E-state index is 13.7. The van der Waals surface area contributed by atoms with Gasteiger partial charge in [-0.15, -0.1) is 11.8 Å². The molecule has 0 aromatic heterocycles. The molecule has 3 aromatic rings. The van der Waals surface area contributed by atoms with E-state index in [1.807, 2.05) is 60.7 Å². The molecule has 1 N–H and O–H groups in total. The minimum atomic E-state index is -0.649. The highest BCUT2D eigenvalue weighted by Gasteiger charge is 2.31. The Bertz CT molecular complexity index is 1120. The van der Waals surface area contributed by atoms with Gasteiger partial charge in [-0.25, -0.2) is 4.39 Å². The van der Waals surface area contributed by atoms with Crippen LogP contribution >= 0.6 is 11.8 Å². The number of rotatable bonds is 11. The Morgan fingerprint density at radius 2 is 1.51 bits per heavy atom. The van der Waals surface area contributed by atoms with Crippen LogP contribution in [0.5, 0.6) is 0 Å². The summed E-state index contributed by atoms with van der Waals surface area (Å²) < 4.78 is 13.6. The Morgan fingerprint density at radius 1 is 0.865 bits per heavy atom. The predicted octanol–water partition coefficient (Wildman–Crippen LogP) is 6.40. The van der Waals surface area contributed by atoms with Gasteiger partial charge in [0.15, 0.2) is 0 Å². The standard InChI is InChI=1S/C31H35FN2O2S/c32-26-18-16-25(17-19-26)23-34(30(35)20-21-37-28-14-8-3-9-15-28)29(22-24-10-4-1-5-11-24)31(36)33-27-12-6-2-7-13-27/h1,3-5,8-11,14-19,27,29H,2,6-7,12-13,20-23H2,(H,33,36)/t29-/m0/s1. The molecule has 0 saturated heterocycles. The van der Waals surface area contributed by atoms with Crippen LogP contribution in [0, 0.1) is 5.82 Å². The second-order valence-corrected chi connectivity index (χ2v) is 10.8. The van der Waals surface area contributed by atoms with Crippen LogP contribution < -0.4 is 5.32 Å². The van der Waals surface area contributed by atoms with Crippen molar-refractivity contribution in [2.24, 2.45) is 0 Å². The zero-order chi connectivity index (χ0) is 25.9. The number of nitrogens with one attached hydrogen (secondary N) is 1. The fraction of sp³-hybridized carbons (Fsp3) is 0.355. The molecular formula is C31H35FN2O2S. The van der Waals surface area contributed by atoms with E-state index in [2.05, 4.69) is 5.32 Å². The summed E-state index contributed by atoms with van der Waals surface area (Å²) in [6.45, 7) is 0.255.